The van der Waals surface area contributed by atoms with Crippen molar-refractivity contribution in [2.75, 3.05) is 0 Å². The monoisotopic (exact) mass is 442 g/mol. The molecule has 0 saturated carbocycles. The summed E-state index contributed by atoms with van der Waals surface area (Å²) in [6.45, 7) is -0.0529. The number of aryl methyl sites for hydroxylation is 1. The lowest BCUT2D eigenvalue weighted by molar-refractivity contribution is 1.46. The fourth-order valence-electron chi connectivity index (χ4n) is 4.65. The second kappa shape index (κ2) is 9.49. The standard InChI is InChI=1S/C32H27P/c1-26-22-24-28(25-23-26)32(27-14-6-2-7-15-27)33(29-16-8-3-9-17-29,30-18-10-4-11-19-30)31-20-12-5-13-21-31/h2-25H,1H3. The highest BCUT2D eigenvalue weighted by Gasteiger charge is 2.31. The minimum atomic E-state index is -2.21. The van der Waals surface area contributed by atoms with Gasteiger partial charge >= 0.3 is 0 Å². The molecule has 0 bridgehead atoms. The van der Waals surface area contributed by atoms with Crippen molar-refractivity contribution in [3.63, 3.8) is 0 Å². The molecule has 5 aromatic carbocycles. The molecule has 0 saturated heterocycles. The first-order valence-electron chi connectivity index (χ1n) is 11.4. The van der Waals surface area contributed by atoms with Crippen molar-refractivity contribution >= 4 is 28.1 Å². The molecule has 0 aliphatic carbocycles. The summed E-state index contributed by atoms with van der Waals surface area (Å²) < 4.78 is 0. The van der Waals surface area contributed by atoms with Crippen molar-refractivity contribution in [3.05, 3.63) is 162 Å². The molecule has 0 nitrogen and oxygen atoms in total. The van der Waals surface area contributed by atoms with Gasteiger partial charge in [-0.05, 0) is 46.1 Å². The van der Waals surface area contributed by atoms with Gasteiger partial charge in [-0.3, -0.25) is 0 Å². The molecule has 0 aromatic heterocycles. The molecule has 0 atom stereocenters. The number of rotatable bonds is 5. The van der Waals surface area contributed by atoms with Crippen LogP contribution in [0.4, 0.5) is 0 Å². The Labute approximate surface area is 197 Å². The van der Waals surface area contributed by atoms with E-state index in [2.05, 4.69) is 153 Å². The van der Waals surface area contributed by atoms with Crippen LogP contribution in [0, 0.1) is 6.92 Å². The van der Waals surface area contributed by atoms with Crippen LogP contribution in [0.25, 0.3) is 0 Å². The molecule has 0 unspecified atom stereocenters. The van der Waals surface area contributed by atoms with E-state index >= 15 is 0 Å². The minimum Gasteiger partial charge on any atom is -0.0622 e. The molecule has 0 spiro atoms. The molecule has 5 rings (SSSR count). The molecule has 0 amide bonds. The van der Waals surface area contributed by atoms with E-state index < -0.39 is 6.89 Å². The summed E-state index contributed by atoms with van der Waals surface area (Å²) in [6.07, 6.45) is 0. The van der Waals surface area contributed by atoms with E-state index in [4.69, 9.17) is 0 Å². The van der Waals surface area contributed by atoms with Crippen molar-refractivity contribution in [3.8, 4) is 0 Å². The summed E-state index contributed by atoms with van der Waals surface area (Å²) in [5.74, 6) is 0. The van der Waals surface area contributed by atoms with Gasteiger partial charge in [0.1, 0.15) is 0 Å². The second-order valence-electron chi connectivity index (χ2n) is 8.26. The minimum absolute atomic E-state index is 1.27. The van der Waals surface area contributed by atoms with Crippen molar-refractivity contribution in [2.45, 2.75) is 6.92 Å². The fraction of sp³-hybridized carbons (Fsp3) is 0.0312. The lowest BCUT2D eigenvalue weighted by Gasteiger charge is -2.33. The quantitative estimate of drug-likeness (QED) is 0.271. The predicted molar refractivity (Wildman–Crippen MR) is 146 cm³/mol. The zero-order valence-corrected chi connectivity index (χ0v) is 19.7. The molecule has 5 aromatic rings. The Bertz CT molecular complexity index is 1270. The number of hydrogen-bond donors (Lipinski definition) is 0. The first kappa shape index (κ1) is 21.3. The van der Waals surface area contributed by atoms with E-state index in [9.17, 15) is 0 Å². The third-order valence-corrected chi connectivity index (χ3v) is 10.5. The molecule has 0 fully saturated rings. The Morgan fingerprint density at radius 2 is 0.727 bits per heavy atom. The maximum Gasteiger partial charge on any atom is -0.00101 e. The maximum absolute atomic E-state index is 2.31. The highest BCUT2D eigenvalue weighted by Crippen LogP contribution is 2.49. The summed E-state index contributed by atoms with van der Waals surface area (Å²) in [6, 6.07) is 53.2. The first-order valence-corrected chi connectivity index (χ1v) is 13.1. The van der Waals surface area contributed by atoms with Crippen LogP contribution < -0.4 is 15.9 Å². The lowest BCUT2D eigenvalue weighted by Crippen LogP contribution is -2.31. The van der Waals surface area contributed by atoms with Crippen LogP contribution in [-0.2, 0) is 0 Å². The highest BCUT2D eigenvalue weighted by molar-refractivity contribution is 7.96. The molecule has 0 aliphatic heterocycles. The third-order valence-electron chi connectivity index (χ3n) is 6.14. The second-order valence-corrected chi connectivity index (χ2v) is 11.6. The van der Waals surface area contributed by atoms with Gasteiger partial charge in [-0.15, -0.1) is 0 Å². The Hall–Kier alpha value is -3.60. The number of hydrogen-bond acceptors (Lipinski definition) is 0. The van der Waals surface area contributed by atoms with Crippen LogP contribution in [0.1, 0.15) is 16.7 Å². The van der Waals surface area contributed by atoms with Gasteiger partial charge in [-0.2, -0.15) is 0 Å². The fourth-order valence-corrected chi connectivity index (χ4v) is 9.25. The van der Waals surface area contributed by atoms with Gasteiger partial charge in [-0.25, -0.2) is 0 Å². The lowest BCUT2D eigenvalue weighted by atomic mass is 10.0. The summed E-state index contributed by atoms with van der Waals surface area (Å²) in [7, 11) is 0. The van der Waals surface area contributed by atoms with Crippen LogP contribution in [-0.4, -0.2) is 5.29 Å². The molecule has 33 heavy (non-hydrogen) atoms. The van der Waals surface area contributed by atoms with Crippen molar-refractivity contribution in [1.82, 2.24) is 0 Å². The average Bonchev–Trinajstić information content (AvgIpc) is 2.90. The van der Waals surface area contributed by atoms with E-state index in [1.807, 2.05) is 0 Å². The highest BCUT2D eigenvalue weighted by atomic mass is 31.2. The molecule has 1 heteroatoms. The normalized spacial score (nSPS) is 11.2. The van der Waals surface area contributed by atoms with Crippen LogP contribution >= 0.6 is 6.89 Å². The zero-order valence-electron chi connectivity index (χ0n) is 18.8. The SMILES string of the molecule is Cc1ccc(C(c2ccccc2)=P(c2ccccc2)(c2ccccc2)c2ccccc2)cc1. The maximum atomic E-state index is 2.31. The topological polar surface area (TPSA) is 0 Å². The Morgan fingerprint density at radius 1 is 0.394 bits per heavy atom. The van der Waals surface area contributed by atoms with Gasteiger partial charge < -0.3 is 0 Å². The molecular weight excluding hydrogens is 415 g/mol. The van der Waals surface area contributed by atoms with Crippen LogP contribution in [0.3, 0.4) is 0 Å². The van der Waals surface area contributed by atoms with Gasteiger partial charge in [0.15, 0.2) is 0 Å². The van der Waals surface area contributed by atoms with Gasteiger partial charge in [-0.1, -0.05) is 151 Å². The third kappa shape index (κ3) is 3.99. The Balaban J connectivity index is 2.08. The van der Waals surface area contributed by atoms with Crippen molar-refractivity contribution < 1.29 is 0 Å². The summed E-state index contributed by atoms with van der Waals surface area (Å²) in [4.78, 5) is 0. The molecule has 0 radical (unpaired) electrons. The average molecular weight is 443 g/mol. The Morgan fingerprint density at radius 3 is 1.12 bits per heavy atom. The molecular formula is C32H27P. The number of benzene rings is 5. The predicted octanol–water partition coefficient (Wildman–Crippen LogP) is 6.56. The molecule has 160 valence electrons. The van der Waals surface area contributed by atoms with Gasteiger partial charge in [0.25, 0.3) is 0 Å². The van der Waals surface area contributed by atoms with E-state index in [0.29, 0.717) is 0 Å². The van der Waals surface area contributed by atoms with Gasteiger partial charge in [0.2, 0.25) is 0 Å². The van der Waals surface area contributed by atoms with Crippen molar-refractivity contribution in [1.29, 1.82) is 0 Å². The van der Waals surface area contributed by atoms with E-state index in [1.165, 1.54) is 37.9 Å². The summed E-state index contributed by atoms with van der Waals surface area (Å²) in [5.41, 5.74) is 3.82. The molecule has 0 N–H and O–H groups in total. The van der Waals surface area contributed by atoms with Crippen LogP contribution in [0.5, 0.6) is 0 Å². The Kier molecular flexibility index (Phi) is 6.11. The summed E-state index contributed by atoms with van der Waals surface area (Å²) >= 11 is 0. The zero-order chi connectivity index (χ0) is 22.5. The summed E-state index contributed by atoms with van der Waals surface area (Å²) in [5, 5.41) is 5.48. The van der Waals surface area contributed by atoms with E-state index in [0.717, 1.165) is 0 Å². The van der Waals surface area contributed by atoms with E-state index in [-0.39, 0.29) is 0 Å². The molecule has 0 aliphatic rings. The van der Waals surface area contributed by atoms with Crippen LogP contribution in [0.15, 0.2) is 146 Å². The smallest absolute Gasteiger partial charge is 0.00101 e. The van der Waals surface area contributed by atoms with Crippen molar-refractivity contribution in [2.24, 2.45) is 0 Å². The van der Waals surface area contributed by atoms with Crippen LogP contribution in [0.2, 0.25) is 0 Å². The largest absolute Gasteiger partial charge is 0.0622 e. The van der Waals surface area contributed by atoms with Gasteiger partial charge in [0.05, 0.1) is 0 Å². The first-order chi connectivity index (χ1) is 16.3. The molecule has 0 heterocycles. The van der Waals surface area contributed by atoms with E-state index in [1.54, 1.807) is 0 Å². The van der Waals surface area contributed by atoms with Gasteiger partial charge in [0, 0.05) is 0 Å².